The maximum atomic E-state index is 12.3. The highest BCUT2D eigenvalue weighted by Gasteiger charge is 2.17. The summed E-state index contributed by atoms with van der Waals surface area (Å²) >= 11 is 0. The van der Waals surface area contributed by atoms with E-state index in [1.807, 2.05) is 13.8 Å². The van der Waals surface area contributed by atoms with Gasteiger partial charge in [0.05, 0.1) is 6.07 Å². The molecule has 1 aromatic carbocycles. The lowest BCUT2D eigenvalue weighted by Crippen LogP contribution is -2.25. The van der Waals surface area contributed by atoms with Gasteiger partial charge in [-0.25, -0.2) is 0 Å². The summed E-state index contributed by atoms with van der Waals surface area (Å²) in [6.07, 6.45) is 0. The molecule has 3 nitrogen and oxygen atoms in total. The molecule has 0 heterocycles. The number of nitrogens with zero attached hydrogens (tertiary/aromatic N) is 1. The summed E-state index contributed by atoms with van der Waals surface area (Å²) < 4.78 is 28.9. The molecular weight excluding hydrogens is 238 g/mol. The summed E-state index contributed by atoms with van der Waals surface area (Å²) in [5, 5.41) is 12.1. The molecule has 0 radical (unpaired) electrons. The van der Waals surface area contributed by atoms with Crippen LogP contribution in [0.5, 0.6) is 5.75 Å². The van der Waals surface area contributed by atoms with Gasteiger partial charge in [-0.05, 0) is 18.5 Å². The molecule has 5 heteroatoms. The van der Waals surface area contributed by atoms with E-state index in [2.05, 4.69) is 16.1 Å². The first-order chi connectivity index (χ1) is 8.54. The number of nitriles is 1. The van der Waals surface area contributed by atoms with Crippen molar-refractivity contribution in [2.45, 2.75) is 26.5 Å². The average Bonchev–Trinajstić information content (AvgIpc) is 2.30. The molecule has 0 fully saturated rings. The van der Waals surface area contributed by atoms with Crippen molar-refractivity contribution in [2.75, 3.05) is 6.54 Å². The number of rotatable bonds is 6. The molecule has 0 aliphatic rings. The van der Waals surface area contributed by atoms with Crippen molar-refractivity contribution in [1.82, 2.24) is 5.32 Å². The maximum absolute atomic E-state index is 12.3. The third-order valence-corrected chi connectivity index (χ3v) is 2.31. The fraction of sp³-hybridized carbons (Fsp3) is 0.462. The zero-order chi connectivity index (χ0) is 13.5. The summed E-state index contributed by atoms with van der Waals surface area (Å²) in [6, 6.07) is 7.73. The summed E-state index contributed by atoms with van der Waals surface area (Å²) in [5.41, 5.74) is 0.431. The van der Waals surface area contributed by atoms with Crippen LogP contribution in [-0.2, 0) is 0 Å². The quantitative estimate of drug-likeness (QED) is 0.848. The summed E-state index contributed by atoms with van der Waals surface area (Å²) in [7, 11) is 0. The van der Waals surface area contributed by atoms with Crippen molar-refractivity contribution in [1.29, 1.82) is 5.26 Å². The number of hydrogen-bond donors (Lipinski definition) is 1. The highest BCUT2D eigenvalue weighted by molar-refractivity contribution is 5.38. The van der Waals surface area contributed by atoms with Crippen molar-refractivity contribution < 1.29 is 13.5 Å². The Bertz CT molecular complexity index is 416. The summed E-state index contributed by atoms with van der Waals surface area (Å²) in [6.45, 7) is 1.74. The summed E-state index contributed by atoms with van der Waals surface area (Å²) in [4.78, 5) is 0. The molecule has 0 aromatic heterocycles. The van der Waals surface area contributed by atoms with Gasteiger partial charge >= 0.3 is 6.61 Å². The molecule has 1 atom stereocenters. The number of halogens is 2. The van der Waals surface area contributed by atoms with Crippen molar-refractivity contribution >= 4 is 0 Å². The van der Waals surface area contributed by atoms with Crippen molar-refractivity contribution in [3.8, 4) is 11.8 Å². The second kappa shape index (κ2) is 6.92. The highest BCUT2D eigenvalue weighted by Crippen LogP contribution is 2.26. The number of ether oxygens (including phenoxy) is 1. The number of para-hydroxylation sites is 1. The van der Waals surface area contributed by atoms with E-state index in [-0.39, 0.29) is 5.75 Å². The van der Waals surface area contributed by atoms with Gasteiger partial charge in [0.25, 0.3) is 0 Å². The van der Waals surface area contributed by atoms with Crippen molar-refractivity contribution in [3.63, 3.8) is 0 Å². The SMILES string of the molecule is CC(C)CNC(C#N)c1ccccc1OC(F)F. The monoisotopic (exact) mass is 254 g/mol. The Labute approximate surface area is 105 Å². The largest absolute Gasteiger partial charge is 0.434 e. The molecule has 1 unspecified atom stereocenters. The zero-order valence-electron chi connectivity index (χ0n) is 10.4. The normalized spacial score (nSPS) is 12.5. The topological polar surface area (TPSA) is 45.0 Å². The fourth-order valence-electron chi connectivity index (χ4n) is 1.50. The van der Waals surface area contributed by atoms with Crippen LogP contribution in [-0.4, -0.2) is 13.2 Å². The Balaban J connectivity index is 2.88. The van der Waals surface area contributed by atoms with Crippen LogP contribution in [0.3, 0.4) is 0 Å². The Kier molecular flexibility index (Phi) is 5.53. The van der Waals surface area contributed by atoms with Gasteiger partial charge in [-0.15, -0.1) is 0 Å². The number of alkyl halides is 2. The van der Waals surface area contributed by atoms with Crippen molar-refractivity contribution in [3.05, 3.63) is 29.8 Å². The molecule has 0 spiro atoms. The Morgan fingerprint density at radius 3 is 2.56 bits per heavy atom. The molecular formula is C13H16F2N2O. The molecule has 0 aliphatic carbocycles. The van der Waals surface area contributed by atoms with Crippen LogP contribution in [0.1, 0.15) is 25.5 Å². The van der Waals surface area contributed by atoms with Crippen LogP contribution in [0.25, 0.3) is 0 Å². The molecule has 18 heavy (non-hydrogen) atoms. The van der Waals surface area contributed by atoms with Gasteiger partial charge in [0, 0.05) is 5.56 Å². The van der Waals surface area contributed by atoms with E-state index < -0.39 is 12.7 Å². The van der Waals surface area contributed by atoms with Crippen molar-refractivity contribution in [2.24, 2.45) is 5.92 Å². The minimum absolute atomic E-state index is 0.0373. The van der Waals surface area contributed by atoms with Crippen LogP contribution in [0.2, 0.25) is 0 Å². The number of nitrogens with one attached hydrogen (secondary N) is 1. The van der Waals surface area contributed by atoms with E-state index >= 15 is 0 Å². The molecule has 0 saturated carbocycles. The minimum Gasteiger partial charge on any atom is -0.434 e. The van der Waals surface area contributed by atoms with Gasteiger partial charge in [-0.2, -0.15) is 14.0 Å². The van der Waals surface area contributed by atoms with E-state index in [9.17, 15) is 8.78 Å². The molecule has 0 bridgehead atoms. The van der Waals surface area contributed by atoms with Gasteiger partial charge < -0.3 is 4.74 Å². The van der Waals surface area contributed by atoms with Gasteiger partial charge in [0.15, 0.2) is 0 Å². The van der Waals surface area contributed by atoms with Gasteiger partial charge in [-0.3, -0.25) is 5.32 Å². The highest BCUT2D eigenvalue weighted by atomic mass is 19.3. The standard InChI is InChI=1S/C13H16F2N2O/c1-9(2)8-17-11(7-16)10-5-3-4-6-12(10)18-13(14)15/h3-6,9,11,13,17H,8H2,1-2H3. The van der Waals surface area contributed by atoms with Crippen LogP contribution >= 0.6 is 0 Å². The molecule has 1 aromatic rings. The van der Waals surface area contributed by atoms with E-state index in [1.165, 1.54) is 6.07 Å². The zero-order valence-corrected chi connectivity index (χ0v) is 10.4. The molecule has 0 amide bonds. The third kappa shape index (κ3) is 4.30. The van der Waals surface area contributed by atoms with Crippen LogP contribution in [0.15, 0.2) is 24.3 Å². The second-order valence-corrected chi connectivity index (χ2v) is 4.28. The predicted molar refractivity (Wildman–Crippen MR) is 64.3 cm³/mol. The smallest absolute Gasteiger partial charge is 0.387 e. The average molecular weight is 254 g/mol. The third-order valence-electron chi connectivity index (χ3n) is 2.31. The van der Waals surface area contributed by atoms with E-state index in [0.29, 0.717) is 18.0 Å². The van der Waals surface area contributed by atoms with Gasteiger partial charge in [0.2, 0.25) is 0 Å². The Hall–Kier alpha value is -1.67. The van der Waals surface area contributed by atoms with Crippen LogP contribution in [0.4, 0.5) is 8.78 Å². The first-order valence-corrected chi connectivity index (χ1v) is 5.71. The first-order valence-electron chi connectivity index (χ1n) is 5.71. The van der Waals surface area contributed by atoms with Crippen LogP contribution < -0.4 is 10.1 Å². The Morgan fingerprint density at radius 1 is 1.33 bits per heavy atom. The molecule has 1 rings (SSSR count). The van der Waals surface area contributed by atoms with E-state index in [1.54, 1.807) is 18.2 Å². The molecule has 0 saturated heterocycles. The van der Waals surface area contributed by atoms with Gasteiger partial charge in [0.1, 0.15) is 11.8 Å². The maximum Gasteiger partial charge on any atom is 0.387 e. The predicted octanol–water partition coefficient (Wildman–Crippen LogP) is 3.10. The Morgan fingerprint density at radius 2 is 2.00 bits per heavy atom. The van der Waals surface area contributed by atoms with E-state index in [4.69, 9.17) is 5.26 Å². The lowest BCUT2D eigenvalue weighted by Gasteiger charge is -2.17. The number of benzene rings is 1. The summed E-state index contributed by atoms with van der Waals surface area (Å²) in [5.74, 6) is 0.402. The van der Waals surface area contributed by atoms with Crippen LogP contribution in [0, 0.1) is 17.2 Å². The minimum atomic E-state index is -2.89. The lowest BCUT2D eigenvalue weighted by molar-refractivity contribution is -0.0505. The number of hydrogen-bond acceptors (Lipinski definition) is 3. The fourth-order valence-corrected chi connectivity index (χ4v) is 1.50. The second-order valence-electron chi connectivity index (χ2n) is 4.28. The molecule has 1 N–H and O–H groups in total. The first kappa shape index (κ1) is 14.4. The molecule has 0 aliphatic heterocycles. The lowest BCUT2D eigenvalue weighted by atomic mass is 10.1. The van der Waals surface area contributed by atoms with Gasteiger partial charge in [-0.1, -0.05) is 32.0 Å². The van der Waals surface area contributed by atoms with E-state index in [0.717, 1.165) is 0 Å². The molecule has 98 valence electrons.